The lowest BCUT2D eigenvalue weighted by Gasteiger charge is -2.12. The van der Waals surface area contributed by atoms with Gasteiger partial charge in [0.1, 0.15) is 5.39 Å². The molecule has 0 fully saturated rings. The molecule has 0 spiro atoms. The maximum absolute atomic E-state index is 12.6. The van der Waals surface area contributed by atoms with Crippen molar-refractivity contribution in [3.8, 4) is 5.69 Å². The first-order chi connectivity index (χ1) is 15.2. The summed E-state index contributed by atoms with van der Waals surface area (Å²) in [5.74, 6) is 0.387. The van der Waals surface area contributed by atoms with Crippen LogP contribution in [0, 0.1) is 0 Å². The Morgan fingerprint density at radius 3 is 2.52 bits per heavy atom. The van der Waals surface area contributed by atoms with E-state index in [1.807, 2.05) is 72.5 Å². The maximum atomic E-state index is 12.6. The van der Waals surface area contributed by atoms with Crippen LogP contribution < -0.4 is 10.9 Å². The highest BCUT2D eigenvalue weighted by Crippen LogP contribution is 2.19. The summed E-state index contributed by atoms with van der Waals surface area (Å²) in [6.07, 6.45) is 5.36. The average molecular weight is 411 g/mol. The molecule has 3 aromatic heterocycles. The molecule has 0 aliphatic rings. The predicted octanol–water partition coefficient (Wildman–Crippen LogP) is 3.53. The van der Waals surface area contributed by atoms with Crippen molar-refractivity contribution >= 4 is 17.0 Å². The Morgan fingerprint density at radius 2 is 1.74 bits per heavy atom. The molecule has 0 aliphatic carbocycles. The van der Waals surface area contributed by atoms with Gasteiger partial charge in [0, 0.05) is 11.8 Å². The molecular weight excluding hydrogens is 390 g/mol. The van der Waals surface area contributed by atoms with Gasteiger partial charge in [0.25, 0.3) is 5.56 Å². The zero-order valence-electron chi connectivity index (χ0n) is 16.9. The SMILES string of the molecule is CC(Nc1nc2c(cnn2-c2ccccc2)c(=O)[nH]1)c1cnn(Cc2ccccc2)c1. The number of benzene rings is 2. The number of fused-ring (bicyclic) bond motifs is 1. The first kappa shape index (κ1) is 18.8. The number of hydrogen-bond donors (Lipinski definition) is 2. The van der Waals surface area contributed by atoms with E-state index in [1.165, 1.54) is 11.8 Å². The number of nitrogens with zero attached hydrogens (tertiary/aromatic N) is 5. The van der Waals surface area contributed by atoms with E-state index in [0.29, 0.717) is 23.5 Å². The second-order valence-electron chi connectivity index (χ2n) is 7.37. The normalized spacial score (nSPS) is 12.2. The number of aromatic amines is 1. The van der Waals surface area contributed by atoms with Gasteiger partial charge in [-0.15, -0.1) is 0 Å². The lowest BCUT2D eigenvalue weighted by molar-refractivity contribution is 0.685. The van der Waals surface area contributed by atoms with Gasteiger partial charge in [-0.2, -0.15) is 15.2 Å². The molecule has 2 N–H and O–H groups in total. The molecule has 154 valence electrons. The van der Waals surface area contributed by atoms with Crippen molar-refractivity contribution in [1.29, 1.82) is 0 Å². The third kappa shape index (κ3) is 3.83. The summed E-state index contributed by atoms with van der Waals surface area (Å²) >= 11 is 0. The minimum Gasteiger partial charge on any atom is -0.349 e. The van der Waals surface area contributed by atoms with Gasteiger partial charge in [-0.1, -0.05) is 48.5 Å². The fraction of sp³-hybridized carbons (Fsp3) is 0.130. The predicted molar refractivity (Wildman–Crippen MR) is 119 cm³/mol. The van der Waals surface area contributed by atoms with Gasteiger partial charge in [0.05, 0.1) is 30.7 Å². The van der Waals surface area contributed by atoms with E-state index in [9.17, 15) is 4.79 Å². The highest BCUT2D eigenvalue weighted by molar-refractivity contribution is 5.76. The lowest BCUT2D eigenvalue weighted by Crippen LogP contribution is -2.15. The summed E-state index contributed by atoms with van der Waals surface area (Å²) in [7, 11) is 0. The van der Waals surface area contributed by atoms with E-state index in [2.05, 4.69) is 37.6 Å². The number of aromatic nitrogens is 6. The van der Waals surface area contributed by atoms with Gasteiger partial charge in [0.15, 0.2) is 5.65 Å². The molecule has 2 aromatic carbocycles. The molecule has 0 aliphatic heterocycles. The summed E-state index contributed by atoms with van der Waals surface area (Å²) < 4.78 is 3.56. The van der Waals surface area contributed by atoms with Crippen molar-refractivity contribution in [2.24, 2.45) is 0 Å². The Bertz CT molecular complexity index is 1370. The van der Waals surface area contributed by atoms with E-state index < -0.39 is 0 Å². The smallest absolute Gasteiger partial charge is 0.263 e. The standard InChI is InChI=1S/C23H21N7O/c1-16(18-12-24-29(15-18)14-17-8-4-2-5-9-17)26-23-27-21-20(22(31)28-23)13-25-30(21)19-10-6-3-7-11-19/h2-13,15-16H,14H2,1H3,(H2,26,27,28,31). The number of H-pyrrole nitrogens is 1. The van der Waals surface area contributed by atoms with Crippen LogP contribution in [0.1, 0.15) is 24.1 Å². The summed E-state index contributed by atoms with van der Waals surface area (Å²) in [5.41, 5.74) is 3.29. The van der Waals surface area contributed by atoms with Crippen molar-refractivity contribution in [2.75, 3.05) is 5.32 Å². The van der Waals surface area contributed by atoms with E-state index in [0.717, 1.165) is 11.3 Å². The Labute approximate surface area is 178 Å². The summed E-state index contributed by atoms with van der Waals surface area (Å²) in [6.45, 7) is 2.70. The maximum Gasteiger partial charge on any atom is 0.263 e. The Kier molecular flexibility index (Phi) is 4.80. The van der Waals surface area contributed by atoms with Crippen LogP contribution in [0.15, 0.2) is 84.0 Å². The van der Waals surface area contributed by atoms with Crippen LogP contribution >= 0.6 is 0 Å². The molecule has 0 saturated carbocycles. The third-order valence-electron chi connectivity index (χ3n) is 5.13. The zero-order valence-corrected chi connectivity index (χ0v) is 16.9. The number of nitrogens with one attached hydrogen (secondary N) is 2. The molecule has 0 radical (unpaired) electrons. The van der Waals surface area contributed by atoms with Gasteiger partial charge in [-0.25, -0.2) is 4.68 Å². The average Bonchev–Trinajstić information content (AvgIpc) is 3.43. The number of para-hydroxylation sites is 1. The van der Waals surface area contributed by atoms with Gasteiger partial charge < -0.3 is 5.32 Å². The third-order valence-corrected chi connectivity index (χ3v) is 5.13. The first-order valence-corrected chi connectivity index (χ1v) is 10.0. The second kappa shape index (κ2) is 7.91. The largest absolute Gasteiger partial charge is 0.349 e. The molecule has 3 heterocycles. The monoisotopic (exact) mass is 411 g/mol. The molecule has 1 atom stereocenters. The minimum atomic E-state index is -0.235. The molecule has 1 unspecified atom stereocenters. The Hall–Kier alpha value is -4.20. The van der Waals surface area contributed by atoms with Crippen molar-refractivity contribution in [2.45, 2.75) is 19.5 Å². The van der Waals surface area contributed by atoms with Crippen molar-refractivity contribution in [3.63, 3.8) is 0 Å². The summed E-state index contributed by atoms with van der Waals surface area (Å²) in [4.78, 5) is 20.0. The van der Waals surface area contributed by atoms with Gasteiger partial charge in [-0.3, -0.25) is 14.5 Å². The van der Waals surface area contributed by atoms with Crippen LogP contribution in [0.25, 0.3) is 16.7 Å². The minimum absolute atomic E-state index is 0.0989. The molecule has 0 saturated heterocycles. The fourth-order valence-electron chi connectivity index (χ4n) is 3.49. The van der Waals surface area contributed by atoms with Crippen LogP contribution in [0.5, 0.6) is 0 Å². The van der Waals surface area contributed by atoms with Crippen LogP contribution in [-0.2, 0) is 6.54 Å². The van der Waals surface area contributed by atoms with Gasteiger partial charge in [-0.05, 0) is 24.6 Å². The van der Waals surface area contributed by atoms with Crippen LogP contribution in [-0.4, -0.2) is 29.5 Å². The molecule has 8 nitrogen and oxygen atoms in total. The molecule has 8 heteroatoms. The number of anilines is 1. The second-order valence-corrected chi connectivity index (χ2v) is 7.37. The Morgan fingerprint density at radius 1 is 1.00 bits per heavy atom. The summed E-state index contributed by atoms with van der Waals surface area (Å²) in [5, 5.41) is 12.5. The molecule has 5 rings (SSSR count). The van der Waals surface area contributed by atoms with Gasteiger partial charge >= 0.3 is 0 Å². The van der Waals surface area contributed by atoms with Crippen molar-refractivity contribution in [3.05, 3.63) is 101 Å². The molecule has 5 aromatic rings. The molecule has 31 heavy (non-hydrogen) atoms. The molecule has 0 bridgehead atoms. The first-order valence-electron chi connectivity index (χ1n) is 10.0. The fourth-order valence-corrected chi connectivity index (χ4v) is 3.49. The highest BCUT2D eigenvalue weighted by Gasteiger charge is 2.14. The zero-order chi connectivity index (χ0) is 21.2. The van der Waals surface area contributed by atoms with E-state index in [4.69, 9.17) is 0 Å². The lowest BCUT2D eigenvalue weighted by atomic mass is 10.2. The van der Waals surface area contributed by atoms with Crippen molar-refractivity contribution < 1.29 is 0 Å². The van der Waals surface area contributed by atoms with Crippen LogP contribution in [0.2, 0.25) is 0 Å². The topological polar surface area (TPSA) is 93.4 Å². The highest BCUT2D eigenvalue weighted by atomic mass is 16.1. The Balaban J connectivity index is 1.40. The van der Waals surface area contributed by atoms with Crippen molar-refractivity contribution in [1.82, 2.24) is 29.5 Å². The van der Waals surface area contributed by atoms with Gasteiger partial charge in [0.2, 0.25) is 5.95 Å². The van der Waals surface area contributed by atoms with Crippen LogP contribution in [0.3, 0.4) is 0 Å². The molecular formula is C23H21N7O. The number of rotatable bonds is 6. The van der Waals surface area contributed by atoms with E-state index in [1.54, 1.807) is 4.68 Å². The van der Waals surface area contributed by atoms with Crippen LogP contribution in [0.4, 0.5) is 5.95 Å². The quantitative estimate of drug-likeness (QED) is 0.446. The summed E-state index contributed by atoms with van der Waals surface area (Å²) in [6, 6.07) is 19.7. The number of hydrogen-bond acceptors (Lipinski definition) is 5. The van der Waals surface area contributed by atoms with E-state index in [-0.39, 0.29) is 11.6 Å². The molecule has 0 amide bonds. The van der Waals surface area contributed by atoms with E-state index >= 15 is 0 Å².